The Labute approximate surface area is 403 Å². The Bertz CT molecular complexity index is 1750. The number of rotatable bonds is 18. The summed E-state index contributed by atoms with van der Waals surface area (Å²) in [6.07, 6.45) is -8.38. The van der Waals surface area contributed by atoms with Gasteiger partial charge in [0.2, 0.25) is 0 Å². The summed E-state index contributed by atoms with van der Waals surface area (Å²) in [5.74, 6) is -2.33. The molecular weight excluding hydrogens is 885 g/mol. The van der Waals surface area contributed by atoms with Gasteiger partial charge in [-0.25, -0.2) is 0 Å². The summed E-state index contributed by atoms with van der Waals surface area (Å²) in [4.78, 5) is 44.4. The van der Waals surface area contributed by atoms with E-state index in [1.807, 2.05) is 77.0 Å². The molecule has 0 spiro atoms. The third-order valence-electron chi connectivity index (χ3n) is 13.2. The number of cyclic esters (lactones) is 1. The third kappa shape index (κ3) is 16.6. The van der Waals surface area contributed by atoms with Gasteiger partial charge in [0.1, 0.15) is 30.0 Å². The summed E-state index contributed by atoms with van der Waals surface area (Å²) in [5.41, 5.74) is 9.10. The molecule has 3 heterocycles. The second-order valence-corrected chi connectivity index (χ2v) is 19.6. The number of hydrogen-bond acceptors (Lipinski definition) is 17. The van der Waals surface area contributed by atoms with Crippen LogP contribution in [0.25, 0.3) is 10.4 Å². The number of azide groups is 1. The van der Waals surface area contributed by atoms with Crippen molar-refractivity contribution in [2.75, 3.05) is 35.4 Å². The highest BCUT2D eigenvalue weighted by Gasteiger charge is 2.54. The van der Waals surface area contributed by atoms with E-state index >= 15 is 0 Å². The van der Waals surface area contributed by atoms with Crippen LogP contribution in [0.1, 0.15) is 112 Å². The minimum atomic E-state index is -1.49. The van der Waals surface area contributed by atoms with Crippen LogP contribution in [-0.2, 0) is 73.1 Å². The Morgan fingerprint density at radius 3 is 2.24 bits per heavy atom. The minimum Gasteiger partial charge on any atom is -0.463 e. The van der Waals surface area contributed by atoms with Crippen LogP contribution in [0.3, 0.4) is 0 Å². The number of hydrogen-bond donors (Lipinski definition) is 1. The molecule has 68 heavy (non-hydrogen) atoms. The van der Waals surface area contributed by atoms with Crippen molar-refractivity contribution in [1.82, 2.24) is 4.90 Å². The molecule has 0 saturated carbocycles. The molecule has 386 valence electrons. The number of aliphatic hydroxyl groups is 1. The molecule has 3 aliphatic rings. The fourth-order valence-electron chi connectivity index (χ4n) is 9.86. The molecule has 3 saturated heterocycles. The van der Waals surface area contributed by atoms with Crippen molar-refractivity contribution in [3.63, 3.8) is 0 Å². The predicted molar refractivity (Wildman–Crippen MR) is 248 cm³/mol. The molecule has 16 atom stereocenters. The first-order chi connectivity index (χ1) is 32.2. The minimum absolute atomic E-state index is 0.0109. The van der Waals surface area contributed by atoms with Gasteiger partial charge < -0.3 is 62.1 Å². The van der Waals surface area contributed by atoms with Crippen LogP contribution in [0.4, 0.5) is 0 Å². The van der Waals surface area contributed by atoms with E-state index in [0.717, 1.165) is 5.56 Å². The summed E-state index contributed by atoms with van der Waals surface area (Å²) in [6, 6.07) is 8.62. The van der Waals surface area contributed by atoms with Gasteiger partial charge in [-0.1, -0.05) is 56.2 Å². The van der Waals surface area contributed by atoms with Crippen LogP contribution in [-0.4, -0.2) is 155 Å². The molecule has 19 nitrogen and oxygen atoms in total. The van der Waals surface area contributed by atoms with Gasteiger partial charge in [0.05, 0.1) is 43.5 Å². The number of methoxy groups -OCH3 is 3. The Hall–Kier alpha value is -3.46. The van der Waals surface area contributed by atoms with E-state index in [9.17, 15) is 25.0 Å². The van der Waals surface area contributed by atoms with Crippen LogP contribution < -0.4 is 0 Å². The Balaban J connectivity index is 1.83. The molecule has 0 amide bonds. The van der Waals surface area contributed by atoms with Crippen LogP contribution in [0.5, 0.6) is 0 Å². The van der Waals surface area contributed by atoms with Gasteiger partial charge in [0.25, 0.3) is 0 Å². The van der Waals surface area contributed by atoms with Crippen LogP contribution in [0, 0.1) is 17.8 Å². The Morgan fingerprint density at radius 2 is 1.65 bits per heavy atom. The van der Waals surface area contributed by atoms with E-state index in [0.29, 0.717) is 25.7 Å². The van der Waals surface area contributed by atoms with Crippen molar-refractivity contribution in [2.45, 2.75) is 205 Å². The lowest BCUT2D eigenvalue weighted by atomic mass is 9.80. The molecule has 1 N–H and O–H groups in total. The summed E-state index contributed by atoms with van der Waals surface area (Å²) < 4.78 is 69.6. The van der Waals surface area contributed by atoms with Crippen LogP contribution in [0.15, 0.2) is 35.4 Å². The molecule has 0 radical (unpaired) electrons. The first kappa shape index (κ1) is 57.1. The van der Waals surface area contributed by atoms with E-state index in [-0.39, 0.29) is 44.1 Å². The summed E-state index contributed by atoms with van der Waals surface area (Å²) in [5, 5.41) is 16.0. The number of carbonyl (C=O) groups is 3. The first-order valence-corrected chi connectivity index (χ1v) is 24.1. The lowest BCUT2D eigenvalue weighted by Crippen LogP contribution is -2.66. The van der Waals surface area contributed by atoms with Crippen molar-refractivity contribution < 1.29 is 71.6 Å². The van der Waals surface area contributed by atoms with Crippen molar-refractivity contribution in [2.24, 2.45) is 22.9 Å². The van der Waals surface area contributed by atoms with E-state index < -0.39 is 115 Å². The number of esters is 3. The fraction of sp³-hybridized carbons (Fsp3) is 0.816. The van der Waals surface area contributed by atoms with Gasteiger partial charge in [-0.05, 0) is 96.3 Å². The smallest absolute Gasteiger partial charge is 0.309 e. The second kappa shape index (κ2) is 27.2. The normalized spacial score (nSPS) is 35.5. The third-order valence-corrected chi connectivity index (χ3v) is 13.2. The van der Waals surface area contributed by atoms with Crippen molar-refractivity contribution in [1.29, 1.82) is 0 Å². The number of benzene rings is 1. The van der Waals surface area contributed by atoms with Gasteiger partial charge in [0.15, 0.2) is 25.0 Å². The topological polar surface area (TPSA) is 225 Å². The van der Waals surface area contributed by atoms with Crippen LogP contribution >= 0.6 is 0 Å². The average molecular weight is 965 g/mol. The van der Waals surface area contributed by atoms with Crippen molar-refractivity contribution in [3.05, 3.63) is 46.3 Å². The van der Waals surface area contributed by atoms with Gasteiger partial charge in [0, 0.05) is 58.5 Å². The SMILES string of the molecule is COC(C[C@H]1C[C@@H](C)[C@@H](N=[N+]=[N-])CCC[C@@H](C)OC(=O)C[C@@H](OC(C)=O)[C@H](OC)[C@H]1O[C@@H]1O[C@H](C)[C@@H](O[C@H]2C[C@@](C)(O)[C@@H](OC(=O)CC(C)C)[C@H](C)O2)[C@H](N(C)C)[C@H]1OCc1ccccc1)OC. The standard InChI is InChI=1S/C49H80N4O15/c1-28(2)22-38(55)66-47-32(6)63-41(26-49(47,8)57)67-43-31(5)64-48(46(42(43)53(9)10)61-27-34-19-15-14-16-20-34)68-44-35(24-40(58-11)59-12)23-29(3)36(51-52-50)21-17-18-30(4)62-39(56)25-37(45(44)60-13)65-33(7)54/h14-16,19-20,28-32,35-37,40-48,57H,17-18,21-27H2,1-13H3/t29-,30-,31-,32+,35-,36+,37-,41+,42+,43-,44+,45+,46-,47+,48+,49-/m1/s1. The molecule has 4 rings (SSSR count). The molecule has 0 unspecified atom stereocenters. The summed E-state index contributed by atoms with van der Waals surface area (Å²) >= 11 is 0. The quantitative estimate of drug-likeness (QED) is 0.0406. The fourth-order valence-corrected chi connectivity index (χ4v) is 9.86. The highest BCUT2D eigenvalue weighted by atomic mass is 16.7. The molecule has 0 bridgehead atoms. The summed E-state index contributed by atoms with van der Waals surface area (Å²) in [7, 11) is 8.30. The molecule has 0 aliphatic carbocycles. The van der Waals surface area contributed by atoms with E-state index in [4.69, 9.17) is 52.1 Å². The maximum absolute atomic E-state index is 13.7. The van der Waals surface area contributed by atoms with Crippen molar-refractivity contribution in [3.8, 4) is 0 Å². The molecule has 3 aliphatic heterocycles. The monoisotopic (exact) mass is 965 g/mol. The number of likely N-dealkylation sites (N-methyl/N-ethyl adjacent to an activating group) is 1. The molecule has 1 aromatic carbocycles. The Kier molecular flexibility index (Phi) is 22.9. The highest BCUT2D eigenvalue weighted by Crippen LogP contribution is 2.40. The second-order valence-electron chi connectivity index (χ2n) is 19.6. The molecule has 19 heteroatoms. The average Bonchev–Trinajstić information content (AvgIpc) is 3.25. The van der Waals surface area contributed by atoms with E-state index in [2.05, 4.69) is 10.0 Å². The number of carbonyl (C=O) groups excluding carboxylic acids is 3. The molecule has 3 fully saturated rings. The number of ether oxygens (including phenoxy) is 11. The summed E-state index contributed by atoms with van der Waals surface area (Å²) in [6.45, 7) is 14.3. The molecular formula is C49H80N4O15. The lowest BCUT2D eigenvalue weighted by molar-refractivity contribution is -0.350. The van der Waals surface area contributed by atoms with Gasteiger partial charge in [-0.2, -0.15) is 0 Å². The van der Waals surface area contributed by atoms with Gasteiger partial charge in [-0.3, -0.25) is 14.4 Å². The Morgan fingerprint density at radius 1 is 0.956 bits per heavy atom. The maximum atomic E-state index is 13.7. The zero-order valence-electron chi connectivity index (χ0n) is 42.5. The van der Waals surface area contributed by atoms with Crippen LogP contribution in [0.2, 0.25) is 0 Å². The number of nitrogens with zero attached hydrogens (tertiary/aromatic N) is 4. The van der Waals surface area contributed by atoms with E-state index in [1.165, 1.54) is 28.3 Å². The molecule has 1 aromatic rings. The predicted octanol–water partition coefficient (Wildman–Crippen LogP) is 6.64. The molecule has 0 aromatic heterocycles. The highest BCUT2D eigenvalue weighted by molar-refractivity contribution is 5.72. The zero-order chi connectivity index (χ0) is 50.3. The lowest BCUT2D eigenvalue weighted by Gasteiger charge is -2.51. The van der Waals surface area contributed by atoms with Gasteiger partial charge >= 0.3 is 17.9 Å². The van der Waals surface area contributed by atoms with Crippen molar-refractivity contribution >= 4 is 17.9 Å². The zero-order valence-corrected chi connectivity index (χ0v) is 42.5. The largest absolute Gasteiger partial charge is 0.463 e. The first-order valence-electron chi connectivity index (χ1n) is 24.1. The maximum Gasteiger partial charge on any atom is 0.309 e. The van der Waals surface area contributed by atoms with Gasteiger partial charge in [-0.15, -0.1) is 0 Å². The van der Waals surface area contributed by atoms with E-state index in [1.54, 1.807) is 20.8 Å².